The van der Waals surface area contributed by atoms with E-state index in [2.05, 4.69) is 28.5 Å². The highest BCUT2D eigenvalue weighted by Gasteiger charge is 2.06. The standard InChI is InChI=1S/C18H16Cl2N2/c1-11-3-5-13-8-14(18(20)22-17(13)7-11)10-21-15-6-4-12(2)16(19)9-15/h3-9,21H,10H2,1-2H3. The molecule has 0 saturated carbocycles. The lowest BCUT2D eigenvalue weighted by Gasteiger charge is -2.10. The maximum atomic E-state index is 6.30. The fourth-order valence-electron chi connectivity index (χ4n) is 2.32. The summed E-state index contributed by atoms with van der Waals surface area (Å²) in [5.41, 5.74) is 5.10. The number of hydrogen-bond acceptors (Lipinski definition) is 2. The first kappa shape index (κ1) is 15.1. The molecular formula is C18H16Cl2N2. The number of nitrogens with zero attached hydrogens (tertiary/aromatic N) is 1. The average Bonchev–Trinajstić information content (AvgIpc) is 2.48. The molecule has 112 valence electrons. The van der Waals surface area contributed by atoms with Crippen LogP contribution in [0.4, 0.5) is 5.69 Å². The molecule has 0 fully saturated rings. The first-order valence-electron chi connectivity index (χ1n) is 7.09. The van der Waals surface area contributed by atoms with Gasteiger partial charge in [-0.05, 0) is 49.2 Å². The molecule has 0 atom stereocenters. The number of aromatic nitrogens is 1. The van der Waals surface area contributed by atoms with Crippen molar-refractivity contribution in [2.24, 2.45) is 0 Å². The van der Waals surface area contributed by atoms with Gasteiger partial charge in [0.2, 0.25) is 0 Å². The molecule has 1 aromatic heterocycles. The van der Waals surface area contributed by atoms with Crippen molar-refractivity contribution in [1.82, 2.24) is 4.98 Å². The number of fused-ring (bicyclic) bond motifs is 1. The van der Waals surface area contributed by atoms with E-state index in [4.69, 9.17) is 23.2 Å². The van der Waals surface area contributed by atoms with Crippen molar-refractivity contribution in [2.45, 2.75) is 20.4 Å². The number of anilines is 1. The van der Waals surface area contributed by atoms with Crippen LogP contribution in [-0.4, -0.2) is 4.98 Å². The first-order valence-corrected chi connectivity index (χ1v) is 7.84. The van der Waals surface area contributed by atoms with Gasteiger partial charge < -0.3 is 5.32 Å². The Labute approximate surface area is 140 Å². The molecule has 0 saturated heterocycles. The molecule has 3 rings (SSSR count). The van der Waals surface area contributed by atoms with Crippen LogP contribution in [0.2, 0.25) is 10.2 Å². The molecule has 0 spiro atoms. The van der Waals surface area contributed by atoms with Gasteiger partial charge in [0.15, 0.2) is 0 Å². The second-order valence-electron chi connectivity index (χ2n) is 5.45. The predicted molar refractivity (Wildman–Crippen MR) is 95.0 cm³/mol. The SMILES string of the molecule is Cc1ccc2cc(CNc3ccc(C)c(Cl)c3)c(Cl)nc2c1. The summed E-state index contributed by atoms with van der Waals surface area (Å²) >= 11 is 12.4. The molecule has 4 heteroatoms. The zero-order valence-electron chi connectivity index (χ0n) is 12.5. The third kappa shape index (κ3) is 3.18. The van der Waals surface area contributed by atoms with Crippen LogP contribution in [0, 0.1) is 13.8 Å². The number of pyridine rings is 1. The highest BCUT2D eigenvalue weighted by Crippen LogP contribution is 2.24. The molecule has 0 unspecified atom stereocenters. The molecule has 1 heterocycles. The quantitative estimate of drug-likeness (QED) is 0.616. The molecule has 0 radical (unpaired) electrons. The summed E-state index contributed by atoms with van der Waals surface area (Å²) in [7, 11) is 0. The zero-order valence-corrected chi connectivity index (χ0v) is 14.0. The summed E-state index contributed by atoms with van der Waals surface area (Å²) in [5, 5.41) is 5.71. The molecule has 0 aliphatic carbocycles. The van der Waals surface area contributed by atoms with Crippen LogP contribution >= 0.6 is 23.2 Å². The number of aryl methyl sites for hydroxylation is 2. The molecule has 0 bridgehead atoms. The van der Waals surface area contributed by atoms with E-state index in [0.29, 0.717) is 11.7 Å². The Kier molecular flexibility index (Phi) is 4.23. The monoisotopic (exact) mass is 330 g/mol. The van der Waals surface area contributed by atoms with Crippen molar-refractivity contribution >= 4 is 39.8 Å². The van der Waals surface area contributed by atoms with Gasteiger partial charge in [-0.3, -0.25) is 0 Å². The van der Waals surface area contributed by atoms with Gasteiger partial charge in [0, 0.05) is 28.2 Å². The third-order valence-electron chi connectivity index (χ3n) is 3.65. The Bertz CT molecular complexity index is 844. The summed E-state index contributed by atoms with van der Waals surface area (Å²) in [6.07, 6.45) is 0. The number of benzene rings is 2. The molecule has 2 aromatic carbocycles. The Hall–Kier alpha value is -1.77. The topological polar surface area (TPSA) is 24.9 Å². The maximum Gasteiger partial charge on any atom is 0.134 e. The van der Waals surface area contributed by atoms with Gasteiger partial charge in [-0.15, -0.1) is 0 Å². The Morgan fingerprint density at radius 3 is 2.59 bits per heavy atom. The van der Waals surface area contributed by atoms with Gasteiger partial charge in [0.25, 0.3) is 0 Å². The summed E-state index contributed by atoms with van der Waals surface area (Å²) in [6, 6.07) is 14.2. The Balaban J connectivity index is 1.85. The molecule has 0 amide bonds. The molecule has 22 heavy (non-hydrogen) atoms. The van der Waals surface area contributed by atoms with Crippen LogP contribution in [0.1, 0.15) is 16.7 Å². The predicted octanol–water partition coefficient (Wildman–Crippen LogP) is 5.77. The minimum Gasteiger partial charge on any atom is -0.381 e. The third-order valence-corrected chi connectivity index (χ3v) is 4.39. The minimum atomic E-state index is 0.531. The van der Waals surface area contributed by atoms with Crippen LogP contribution < -0.4 is 5.32 Å². The van der Waals surface area contributed by atoms with Crippen LogP contribution in [-0.2, 0) is 6.54 Å². The molecule has 3 aromatic rings. The van der Waals surface area contributed by atoms with E-state index in [9.17, 15) is 0 Å². The van der Waals surface area contributed by atoms with Gasteiger partial charge in [-0.2, -0.15) is 0 Å². The van der Waals surface area contributed by atoms with Crippen molar-refractivity contribution in [2.75, 3.05) is 5.32 Å². The lowest BCUT2D eigenvalue weighted by atomic mass is 10.1. The van der Waals surface area contributed by atoms with E-state index >= 15 is 0 Å². The molecule has 0 aliphatic rings. The highest BCUT2D eigenvalue weighted by atomic mass is 35.5. The van der Waals surface area contributed by atoms with Crippen LogP contribution in [0.5, 0.6) is 0 Å². The first-order chi connectivity index (χ1) is 10.5. The van der Waals surface area contributed by atoms with E-state index in [0.717, 1.165) is 32.7 Å². The van der Waals surface area contributed by atoms with Crippen LogP contribution in [0.15, 0.2) is 42.5 Å². The van der Waals surface area contributed by atoms with E-state index in [1.165, 1.54) is 5.56 Å². The van der Waals surface area contributed by atoms with Gasteiger partial charge in [0.1, 0.15) is 5.15 Å². The highest BCUT2D eigenvalue weighted by molar-refractivity contribution is 6.31. The van der Waals surface area contributed by atoms with Gasteiger partial charge in [-0.1, -0.05) is 41.4 Å². The molecule has 2 nitrogen and oxygen atoms in total. The largest absolute Gasteiger partial charge is 0.381 e. The van der Waals surface area contributed by atoms with E-state index in [1.807, 2.05) is 38.1 Å². The van der Waals surface area contributed by atoms with E-state index < -0.39 is 0 Å². The normalized spacial score (nSPS) is 10.9. The van der Waals surface area contributed by atoms with Gasteiger partial charge >= 0.3 is 0 Å². The number of nitrogens with one attached hydrogen (secondary N) is 1. The number of halogens is 2. The lowest BCUT2D eigenvalue weighted by molar-refractivity contribution is 1.13. The van der Waals surface area contributed by atoms with E-state index in [1.54, 1.807) is 0 Å². The second-order valence-corrected chi connectivity index (χ2v) is 6.22. The van der Waals surface area contributed by atoms with Crippen molar-refractivity contribution in [3.05, 3.63) is 69.3 Å². The van der Waals surface area contributed by atoms with Crippen molar-refractivity contribution in [3.8, 4) is 0 Å². The zero-order chi connectivity index (χ0) is 15.7. The summed E-state index contributed by atoms with van der Waals surface area (Å²) in [5.74, 6) is 0. The van der Waals surface area contributed by atoms with Crippen LogP contribution in [0.25, 0.3) is 10.9 Å². The molecule has 0 aliphatic heterocycles. The number of rotatable bonds is 3. The lowest BCUT2D eigenvalue weighted by Crippen LogP contribution is -2.01. The van der Waals surface area contributed by atoms with Crippen molar-refractivity contribution in [1.29, 1.82) is 0 Å². The van der Waals surface area contributed by atoms with E-state index in [-0.39, 0.29) is 0 Å². The van der Waals surface area contributed by atoms with Crippen molar-refractivity contribution in [3.63, 3.8) is 0 Å². The molecular weight excluding hydrogens is 315 g/mol. The average molecular weight is 331 g/mol. The summed E-state index contributed by atoms with van der Waals surface area (Å²) in [6.45, 7) is 4.64. The maximum absolute atomic E-state index is 6.30. The number of hydrogen-bond donors (Lipinski definition) is 1. The fraction of sp³-hybridized carbons (Fsp3) is 0.167. The fourth-order valence-corrected chi connectivity index (χ4v) is 2.71. The second kappa shape index (κ2) is 6.15. The Morgan fingerprint density at radius 1 is 1.00 bits per heavy atom. The summed E-state index contributed by atoms with van der Waals surface area (Å²) < 4.78 is 0. The minimum absolute atomic E-state index is 0.531. The van der Waals surface area contributed by atoms with Gasteiger partial charge in [-0.25, -0.2) is 4.98 Å². The van der Waals surface area contributed by atoms with Crippen LogP contribution in [0.3, 0.4) is 0 Å². The smallest absolute Gasteiger partial charge is 0.134 e. The summed E-state index contributed by atoms with van der Waals surface area (Å²) in [4.78, 5) is 4.48. The molecule has 1 N–H and O–H groups in total. The van der Waals surface area contributed by atoms with Gasteiger partial charge in [0.05, 0.1) is 5.52 Å². The van der Waals surface area contributed by atoms with Crippen molar-refractivity contribution < 1.29 is 0 Å². The Morgan fingerprint density at radius 2 is 1.82 bits per heavy atom.